The van der Waals surface area contributed by atoms with Gasteiger partial charge in [0.15, 0.2) is 0 Å². The number of hydrogen-bond acceptors (Lipinski definition) is 4. The number of nitrogens with one attached hydrogen (secondary N) is 1. The van der Waals surface area contributed by atoms with Gasteiger partial charge >= 0.3 is 6.09 Å². The van der Waals surface area contributed by atoms with Crippen LogP contribution in [-0.2, 0) is 16.1 Å². The van der Waals surface area contributed by atoms with Crippen molar-refractivity contribution in [2.24, 2.45) is 0 Å². The van der Waals surface area contributed by atoms with Crippen LogP contribution in [0.1, 0.15) is 31.2 Å². The minimum atomic E-state index is -0.534. The lowest BCUT2D eigenvalue weighted by molar-refractivity contribution is 0.0293. The van der Waals surface area contributed by atoms with Crippen LogP contribution in [0.4, 0.5) is 4.79 Å². The summed E-state index contributed by atoms with van der Waals surface area (Å²) in [7, 11) is 0. The van der Waals surface area contributed by atoms with Gasteiger partial charge in [-0.15, -0.1) is 0 Å². The Morgan fingerprint density at radius 3 is 2.67 bits per heavy atom. The maximum atomic E-state index is 11.7. The fourth-order valence-electron chi connectivity index (χ4n) is 2.38. The van der Waals surface area contributed by atoms with Gasteiger partial charge in [-0.1, -0.05) is 43.2 Å². The fourth-order valence-corrected chi connectivity index (χ4v) is 2.38. The molecule has 2 rings (SSSR count). The SMILES string of the molecule is O=C(N[C@@H](CO)COC1CCCC1)OCc1ccccc1. The number of aliphatic hydroxyl groups is 1. The van der Waals surface area contributed by atoms with Crippen molar-refractivity contribution in [2.45, 2.75) is 44.4 Å². The number of carbonyl (C=O) groups excluding carboxylic acids is 1. The zero-order valence-electron chi connectivity index (χ0n) is 12.2. The zero-order valence-corrected chi connectivity index (χ0v) is 12.2. The summed E-state index contributed by atoms with van der Waals surface area (Å²) < 4.78 is 10.8. The highest BCUT2D eigenvalue weighted by Gasteiger charge is 2.19. The van der Waals surface area contributed by atoms with Crippen molar-refractivity contribution in [2.75, 3.05) is 13.2 Å². The van der Waals surface area contributed by atoms with E-state index in [9.17, 15) is 9.90 Å². The molecule has 0 aromatic heterocycles. The van der Waals surface area contributed by atoms with Crippen LogP contribution < -0.4 is 5.32 Å². The maximum Gasteiger partial charge on any atom is 0.407 e. The van der Waals surface area contributed by atoms with Gasteiger partial charge in [-0.2, -0.15) is 0 Å². The molecule has 1 aromatic carbocycles. The van der Waals surface area contributed by atoms with Crippen LogP contribution in [0.2, 0.25) is 0 Å². The molecule has 5 heteroatoms. The lowest BCUT2D eigenvalue weighted by Gasteiger charge is -2.19. The first kappa shape index (κ1) is 15.8. The van der Waals surface area contributed by atoms with Crippen LogP contribution in [0.25, 0.3) is 0 Å². The first-order chi connectivity index (χ1) is 10.3. The summed E-state index contributed by atoms with van der Waals surface area (Å²) in [6.07, 6.45) is 4.25. The standard InChI is InChI=1S/C16H23NO4/c18-10-14(12-20-15-8-4-5-9-15)17-16(19)21-11-13-6-2-1-3-7-13/h1-3,6-7,14-15,18H,4-5,8-12H2,(H,17,19)/t14-/m0/s1. The Hall–Kier alpha value is -1.59. The van der Waals surface area contributed by atoms with Crippen molar-refractivity contribution in [3.05, 3.63) is 35.9 Å². The minimum absolute atomic E-state index is 0.160. The number of hydrogen-bond donors (Lipinski definition) is 2. The largest absolute Gasteiger partial charge is 0.445 e. The topological polar surface area (TPSA) is 67.8 Å². The molecule has 0 unspecified atom stereocenters. The van der Waals surface area contributed by atoms with E-state index in [-0.39, 0.29) is 19.3 Å². The van der Waals surface area contributed by atoms with E-state index < -0.39 is 12.1 Å². The zero-order chi connectivity index (χ0) is 14.9. The molecule has 0 bridgehead atoms. The molecule has 1 fully saturated rings. The second-order valence-corrected chi connectivity index (χ2v) is 5.33. The highest BCUT2D eigenvalue weighted by molar-refractivity contribution is 5.67. The van der Waals surface area contributed by atoms with Gasteiger partial charge in [-0.3, -0.25) is 0 Å². The Labute approximate surface area is 125 Å². The van der Waals surface area contributed by atoms with Crippen molar-refractivity contribution in [1.82, 2.24) is 5.32 Å². The molecule has 2 N–H and O–H groups in total. The summed E-state index contributed by atoms with van der Waals surface area (Å²) >= 11 is 0. The molecule has 1 aliphatic carbocycles. The molecule has 1 atom stereocenters. The highest BCUT2D eigenvalue weighted by Crippen LogP contribution is 2.20. The van der Waals surface area contributed by atoms with Crippen molar-refractivity contribution in [3.63, 3.8) is 0 Å². The van der Waals surface area contributed by atoms with E-state index >= 15 is 0 Å². The summed E-state index contributed by atoms with van der Waals surface area (Å²) in [4.78, 5) is 11.7. The second kappa shape index (κ2) is 8.64. The molecular weight excluding hydrogens is 270 g/mol. The van der Waals surface area contributed by atoms with E-state index in [1.165, 1.54) is 12.8 Å². The number of aliphatic hydroxyl groups excluding tert-OH is 1. The third kappa shape index (κ3) is 5.73. The van der Waals surface area contributed by atoms with Crippen LogP contribution >= 0.6 is 0 Å². The third-order valence-electron chi connectivity index (χ3n) is 3.59. The lowest BCUT2D eigenvalue weighted by Crippen LogP contribution is -2.41. The molecule has 1 aromatic rings. The molecule has 1 saturated carbocycles. The summed E-state index contributed by atoms with van der Waals surface area (Å²) in [5.74, 6) is 0. The Morgan fingerprint density at radius 1 is 1.29 bits per heavy atom. The number of rotatable bonds is 7. The van der Waals surface area contributed by atoms with Crippen LogP contribution in [0.5, 0.6) is 0 Å². The molecule has 1 amide bonds. The molecule has 116 valence electrons. The van der Waals surface area contributed by atoms with Gasteiger partial charge < -0.3 is 19.9 Å². The minimum Gasteiger partial charge on any atom is -0.445 e. The van der Waals surface area contributed by atoms with Gasteiger partial charge in [0, 0.05) is 0 Å². The van der Waals surface area contributed by atoms with Gasteiger partial charge in [0.2, 0.25) is 0 Å². The van der Waals surface area contributed by atoms with Gasteiger partial charge in [0.1, 0.15) is 6.61 Å². The smallest absolute Gasteiger partial charge is 0.407 e. The van der Waals surface area contributed by atoms with Gasteiger partial charge in [0.25, 0.3) is 0 Å². The van der Waals surface area contributed by atoms with Crippen molar-refractivity contribution >= 4 is 6.09 Å². The molecule has 1 aliphatic rings. The maximum absolute atomic E-state index is 11.7. The Bertz CT molecular complexity index is 418. The van der Waals surface area contributed by atoms with E-state index in [0.29, 0.717) is 6.61 Å². The van der Waals surface area contributed by atoms with Crippen LogP contribution in [0, 0.1) is 0 Å². The van der Waals surface area contributed by atoms with E-state index in [2.05, 4.69) is 5.32 Å². The average Bonchev–Trinajstić information content (AvgIpc) is 3.04. The predicted octanol–water partition coefficient (Wildman–Crippen LogP) is 2.23. The first-order valence-electron chi connectivity index (χ1n) is 7.47. The van der Waals surface area contributed by atoms with E-state index in [1.807, 2.05) is 30.3 Å². The molecule has 0 spiro atoms. The molecule has 21 heavy (non-hydrogen) atoms. The Kier molecular flexibility index (Phi) is 6.50. The predicted molar refractivity (Wildman–Crippen MR) is 78.8 cm³/mol. The van der Waals surface area contributed by atoms with Gasteiger partial charge in [-0.25, -0.2) is 4.79 Å². The number of amides is 1. The fraction of sp³-hybridized carbons (Fsp3) is 0.562. The molecular formula is C16H23NO4. The third-order valence-corrected chi connectivity index (χ3v) is 3.59. The Balaban J connectivity index is 1.66. The first-order valence-corrected chi connectivity index (χ1v) is 7.47. The molecule has 0 aliphatic heterocycles. The van der Waals surface area contributed by atoms with Gasteiger partial charge in [-0.05, 0) is 18.4 Å². The summed E-state index contributed by atoms with van der Waals surface area (Å²) in [5.41, 5.74) is 0.926. The number of alkyl carbamates (subject to hydrolysis) is 1. The number of ether oxygens (including phenoxy) is 2. The van der Waals surface area contributed by atoms with Gasteiger partial charge in [0.05, 0.1) is 25.4 Å². The molecule has 5 nitrogen and oxygen atoms in total. The normalized spacial score (nSPS) is 16.6. The summed E-state index contributed by atoms with van der Waals surface area (Å²) in [5, 5.41) is 11.9. The summed E-state index contributed by atoms with van der Waals surface area (Å²) in [6.45, 7) is 0.378. The number of benzene rings is 1. The molecule has 0 saturated heterocycles. The highest BCUT2D eigenvalue weighted by atomic mass is 16.5. The van der Waals surface area contributed by atoms with Crippen LogP contribution in [0.3, 0.4) is 0 Å². The Morgan fingerprint density at radius 2 is 2.00 bits per heavy atom. The van der Waals surface area contributed by atoms with Crippen LogP contribution in [0.15, 0.2) is 30.3 Å². The second-order valence-electron chi connectivity index (χ2n) is 5.33. The lowest BCUT2D eigenvalue weighted by atomic mass is 10.2. The molecule has 0 heterocycles. The van der Waals surface area contributed by atoms with Crippen molar-refractivity contribution < 1.29 is 19.4 Å². The van der Waals surface area contributed by atoms with Crippen molar-refractivity contribution in [3.8, 4) is 0 Å². The van der Waals surface area contributed by atoms with E-state index in [4.69, 9.17) is 9.47 Å². The summed E-state index contributed by atoms with van der Waals surface area (Å²) in [6, 6.07) is 9.05. The number of carbonyl (C=O) groups is 1. The monoisotopic (exact) mass is 293 g/mol. The average molecular weight is 293 g/mol. The molecule has 0 radical (unpaired) electrons. The quantitative estimate of drug-likeness (QED) is 0.809. The van der Waals surface area contributed by atoms with E-state index in [0.717, 1.165) is 18.4 Å². The van der Waals surface area contributed by atoms with Crippen LogP contribution in [-0.4, -0.2) is 36.6 Å². The van der Waals surface area contributed by atoms with E-state index in [1.54, 1.807) is 0 Å². The van der Waals surface area contributed by atoms with Crippen molar-refractivity contribution in [1.29, 1.82) is 0 Å².